The minimum absolute atomic E-state index is 0.109. The number of nitrogens with zero attached hydrogens (tertiary/aromatic N) is 1. The first-order chi connectivity index (χ1) is 8.59. The summed E-state index contributed by atoms with van der Waals surface area (Å²) in [6.07, 6.45) is 1.78. The molecular weight excluding hydrogens is 312 g/mol. The van der Waals surface area contributed by atoms with Gasteiger partial charge in [0.05, 0.1) is 0 Å². The van der Waals surface area contributed by atoms with Crippen LogP contribution in [-0.2, 0) is 0 Å². The third-order valence-corrected chi connectivity index (χ3v) is 3.85. The molecule has 1 aromatic heterocycles. The Balaban J connectivity index is 2.31. The van der Waals surface area contributed by atoms with Gasteiger partial charge < -0.3 is 5.73 Å². The van der Waals surface area contributed by atoms with Gasteiger partial charge in [0.1, 0.15) is 0 Å². The van der Waals surface area contributed by atoms with E-state index in [0.717, 1.165) is 15.7 Å². The van der Waals surface area contributed by atoms with Crippen molar-refractivity contribution in [1.82, 2.24) is 4.98 Å². The Morgan fingerprint density at radius 2 is 2.06 bits per heavy atom. The highest BCUT2D eigenvalue weighted by molar-refractivity contribution is 9.10. The van der Waals surface area contributed by atoms with Crippen LogP contribution in [-0.4, -0.2) is 4.98 Å². The van der Waals surface area contributed by atoms with Crippen LogP contribution in [0.15, 0.2) is 47.1 Å². The van der Waals surface area contributed by atoms with E-state index in [0.29, 0.717) is 5.02 Å². The van der Waals surface area contributed by atoms with Crippen molar-refractivity contribution in [3.63, 3.8) is 0 Å². The molecule has 2 aromatic rings. The molecule has 0 saturated heterocycles. The minimum Gasteiger partial charge on any atom is -0.323 e. The topological polar surface area (TPSA) is 38.9 Å². The van der Waals surface area contributed by atoms with Gasteiger partial charge in [-0.3, -0.25) is 4.98 Å². The molecule has 0 radical (unpaired) electrons. The van der Waals surface area contributed by atoms with Gasteiger partial charge in [-0.05, 0) is 35.9 Å². The third kappa shape index (κ3) is 2.91. The molecule has 0 bridgehead atoms. The van der Waals surface area contributed by atoms with Crippen LogP contribution in [0.5, 0.6) is 0 Å². The number of benzene rings is 1. The van der Waals surface area contributed by atoms with Crippen LogP contribution in [0.1, 0.15) is 30.1 Å². The molecule has 94 valence electrons. The van der Waals surface area contributed by atoms with E-state index in [9.17, 15) is 0 Å². The zero-order chi connectivity index (χ0) is 13.1. The van der Waals surface area contributed by atoms with E-state index in [1.54, 1.807) is 6.20 Å². The average molecular weight is 326 g/mol. The summed E-state index contributed by atoms with van der Waals surface area (Å²) in [6.45, 7) is 2.06. The first-order valence-corrected chi connectivity index (χ1v) is 6.88. The van der Waals surface area contributed by atoms with Crippen molar-refractivity contribution >= 4 is 27.5 Å². The van der Waals surface area contributed by atoms with E-state index < -0.39 is 0 Å². The Morgan fingerprint density at radius 3 is 2.72 bits per heavy atom. The maximum atomic E-state index is 6.29. The zero-order valence-corrected chi connectivity index (χ0v) is 12.3. The van der Waals surface area contributed by atoms with Crippen molar-refractivity contribution in [1.29, 1.82) is 0 Å². The summed E-state index contributed by atoms with van der Waals surface area (Å²) in [6, 6.07) is 11.4. The van der Waals surface area contributed by atoms with Crippen LogP contribution in [0, 0.1) is 0 Å². The number of hydrogen-bond acceptors (Lipinski definition) is 2. The highest BCUT2D eigenvalue weighted by Gasteiger charge is 2.20. The van der Waals surface area contributed by atoms with E-state index in [-0.39, 0.29) is 12.0 Å². The smallest absolute Gasteiger partial charge is 0.0454 e. The summed E-state index contributed by atoms with van der Waals surface area (Å²) >= 11 is 9.64. The largest absolute Gasteiger partial charge is 0.323 e. The van der Waals surface area contributed by atoms with Crippen LogP contribution in [0.4, 0.5) is 0 Å². The van der Waals surface area contributed by atoms with Gasteiger partial charge in [0.25, 0.3) is 0 Å². The van der Waals surface area contributed by atoms with Crippen molar-refractivity contribution < 1.29 is 0 Å². The maximum Gasteiger partial charge on any atom is 0.0454 e. The highest BCUT2D eigenvalue weighted by atomic mass is 79.9. The summed E-state index contributed by atoms with van der Waals surface area (Å²) in [5, 5.41) is 0.688. The average Bonchev–Trinajstić information content (AvgIpc) is 2.41. The number of rotatable bonds is 3. The fraction of sp³-hybridized carbons (Fsp3) is 0.214. The molecule has 4 heteroatoms. The lowest BCUT2D eigenvalue weighted by Crippen LogP contribution is -2.19. The molecule has 0 aliphatic rings. The summed E-state index contributed by atoms with van der Waals surface area (Å²) in [5.41, 5.74) is 8.20. The summed E-state index contributed by atoms with van der Waals surface area (Å²) in [7, 11) is 0. The van der Waals surface area contributed by atoms with E-state index in [4.69, 9.17) is 17.3 Å². The molecule has 2 nitrogen and oxygen atoms in total. The fourth-order valence-corrected chi connectivity index (χ4v) is 2.49. The maximum absolute atomic E-state index is 6.29. The normalized spacial score (nSPS) is 14.2. The molecular formula is C14H14BrClN2. The van der Waals surface area contributed by atoms with Gasteiger partial charge in [0.15, 0.2) is 0 Å². The minimum atomic E-state index is -0.176. The lowest BCUT2D eigenvalue weighted by Gasteiger charge is -2.21. The first kappa shape index (κ1) is 13.5. The van der Waals surface area contributed by atoms with E-state index >= 15 is 0 Å². The number of aromatic nitrogens is 1. The quantitative estimate of drug-likeness (QED) is 0.913. The van der Waals surface area contributed by atoms with Gasteiger partial charge in [-0.2, -0.15) is 0 Å². The second-order valence-electron chi connectivity index (χ2n) is 4.23. The molecule has 2 atom stereocenters. The SMILES string of the molecule is CC(c1ccccn1)C(N)c1cc(Br)ccc1Cl. The molecule has 18 heavy (non-hydrogen) atoms. The molecule has 0 fully saturated rings. The Labute approximate surface area is 120 Å². The van der Waals surface area contributed by atoms with Gasteiger partial charge in [-0.25, -0.2) is 0 Å². The van der Waals surface area contributed by atoms with Crippen LogP contribution in [0.3, 0.4) is 0 Å². The van der Waals surface area contributed by atoms with Gasteiger partial charge in [0, 0.05) is 33.3 Å². The van der Waals surface area contributed by atoms with E-state index in [1.165, 1.54) is 0 Å². The lowest BCUT2D eigenvalue weighted by atomic mass is 9.92. The van der Waals surface area contributed by atoms with Crippen molar-refractivity contribution in [2.45, 2.75) is 18.9 Å². The van der Waals surface area contributed by atoms with Crippen LogP contribution >= 0.6 is 27.5 Å². The number of nitrogens with two attached hydrogens (primary N) is 1. The van der Waals surface area contributed by atoms with Crippen molar-refractivity contribution in [3.05, 3.63) is 63.3 Å². The fourth-order valence-electron chi connectivity index (χ4n) is 1.87. The van der Waals surface area contributed by atoms with Crippen LogP contribution in [0.2, 0.25) is 5.02 Å². The van der Waals surface area contributed by atoms with E-state index in [2.05, 4.69) is 27.8 Å². The molecule has 0 amide bonds. The molecule has 0 saturated carbocycles. The van der Waals surface area contributed by atoms with Crippen molar-refractivity contribution in [3.8, 4) is 0 Å². The second-order valence-corrected chi connectivity index (χ2v) is 5.56. The molecule has 0 spiro atoms. The molecule has 0 aliphatic heterocycles. The lowest BCUT2D eigenvalue weighted by molar-refractivity contribution is 0.584. The summed E-state index contributed by atoms with van der Waals surface area (Å²) < 4.78 is 0.977. The van der Waals surface area contributed by atoms with Crippen LogP contribution < -0.4 is 5.73 Å². The number of hydrogen-bond donors (Lipinski definition) is 1. The molecule has 2 rings (SSSR count). The molecule has 2 N–H and O–H groups in total. The molecule has 1 heterocycles. The van der Waals surface area contributed by atoms with Gasteiger partial charge >= 0.3 is 0 Å². The Hall–Kier alpha value is -0.900. The summed E-state index contributed by atoms with van der Waals surface area (Å²) in [4.78, 5) is 4.34. The predicted octanol–water partition coefficient (Wildman–Crippen LogP) is 4.30. The van der Waals surface area contributed by atoms with Gasteiger partial charge in [-0.15, -0.1) is 0 Å². The molecule has 2 unspecified atom stereocenters. The number of pyridine rings is 1. The predicted molar refractivity (Wildman–Crippen MR) is 78.7 cm³/mol. The third-order valence-electron chi connectivity index (χ3n) is 3.01. The first-order valence-electron chi connectivity index (χ1n) is 5.71. The van der Waals surface area contributed by atoms with Gasteiger partial charge in [0.2, 0.25) is 0 Å². The van der Waals surface area contributed by atoms with Crippen molar-refractivity contribution in [2.75, 3.05) is 0 Å². The molecule has 1 aromatic carbocycles. The summed E-state index contributed by atoms with van der Waals surface area (Å²) in [5.74, 6) is 0.109. The number of halogens is 2. The van der Waals surface area contributed by atoms with Crippen LogP contribution in [0.25, 0.3) is 0 Å². The van der Waals surface area contributed by atoms with Crippen molar-refractivity contribution in [2.24, 2.45) is 5.73 Å². The highest BCUT2D eigenvalue weighted by Crippen LogP contribution is 2.33. The monoisotopic (exact) mass is 324 g/mol. The van der Waals surface area contributed by atoms with Gasteiger partial charge in [-0.1, -0.05) is 40.5 Å². The van der Waals surface area contributed by atoms with E-state index in [1.807, 2.05) is 36.4 Å². The molecule has 0 aliphatic carbocycles. The Kier molecular flexibility index (Phi) is 4.38. The Bertz CT molecular complexity index is 531. The zero-order valence-electron chi connectivity index (χ0n) is 9.98. The second kappa shape index (κ2) is 5.83. The standard InChI is InChI=1S/C14H14BrClN2/c1-9(13-4-2-3-7-18-13)14(17)11-8-10(15)5-6-12(11)16/h2-9,14H,17H2,1H3. The Morgan fingerprint density at radius 1 is 1.28 bits per heavy atom.